The zero-order chi connectivity index (χ0) is 17.8. The Morgan fingerprint density at radius 1 is 1.40 bits per heavy atom. The number of alkyl halides is 2. The average molecular weight is 369 g/mol. The van der Waals surface area contributed by atoms with E-state index in [9.17, 15) is 18.7 Å². The summed E-state index contributed by atoms with van der Waals surface area (Å²) < 4.78 is 34.9. The molecule has 2 heterocycles. The lowest BCUT2D eigenvalue weighted by molar-refractivity contribution is -0.147. The molecule has 134 valence electrons. The molecule has 8 heteroatoms. The zero-order valence-corrected chi connectivity index (χ0v) is 14.0. The first-order chi connectivity index (χ1) is 12.0. The summed E-state index contributed by atoms with van der Waals surface area (Å²) in [4.78, 5) is 13.6. The molecule has 0 spiro atoms. The molecular weight excluding hydrogens is 352 g/mol. The smallest absolute Gasteiger partial charge is 0.387 e. The minimum absolute atomic E-state index is 0.0563. The SMILES string of the molecule is O=C(O)C(c1ccsc1)N1CCOC(c2cccc(OC(F)F)c2)C1. The number of benzene rings is 1. The fourth-order valence-corrected chi connectivity index (χ4v) is 3.62. The lowest BCUT2D eigenvalue weighted by Crippen LogP contribution is -2.43. The normalized spacial score (nSPS) is 19.7. The minimum Gasteiger partial charge on any atom is -0.480 e. The highest BCUT2D eigenvalue weighted by Gasteiger charge is 2.33. The van der Waals surface area contributed by atoms with Crippen molar-refractivity contribution in [3.8, 4) is 5.75 Å². The van der Waals surface area contributed by atoms with Gasteiger partial charge in [-0.3, -0.25) is 9.69 Å². The minimum atomic E-state index is -2.89. The van der Waals surface area contributed by atoms with Crippen molar-refractivity contribution in [2.24, 2.45) is 0 Å². The van der Waals surface area contributed by atoms with Crippen molar-refractivity contribution < 1.29 is 28.2 Å². The number of aliphatic carboxylic acids is 1. The molecule has 3 rings (SSSR count). The maximum absolute atomic E-state index is 12.4. The lowest BCUT2D eigenvalue weighted by atomic mass is 10.0. The summed E-state index contributed by atoms with van der Waals surface area (Å²) in [5.74, 6) is -0.866. The number of nitrogens with zero attached hydrogens (tertiary/aromatic N) is 1. The molecule has 0 bridgehead atoms. The zero-order valence-electron chi connectivity index (χ0n) is 13.2. The topological polar surface area (TPSA) is 59.0 Å². The van der Waals surface area contributed by atoms with E-state index < -0.39 is 24.7 Å². The standard InChI is InChI=1S/C17H17F2NO4S/c18-17(19)24-13-3-1-2-11(8-13)14-9-20(5-6-23-14)15(16(21)22)12-4-7-25-10-12/h1-4,7-8,10,14-15,17H,5-6,9H2,(H,21,22). The number of carbonyl (C=O) groups is 1. The molecule has 1 aliphatic rings. The van der Waals surface area contributed by atoms with E-state index >= 15 is 0 Å². The largest absolute Gasteiger partial charge is 0.480 e. The Hall–Kier alpha value is -2.03. The van der Waals surface area contributed by atoms with Crippen molar-refractivity contribution in [3.63, 3.8) is 0 Å². The van der Waals surface area contributed by atoms with Crippen LogP contribution in [-0.4, -0.2) is 42.3 Å². The van der Waals surface area contributed by atoms with Gasteiger partial charge in [-0.25, -0.2) is 0 Å². The van der Waals surface area contributed by atoms with Crippen molar-refractivity contribution in [1.29, 1.82) is 0 Å². The molecule has 25 heavy (non-hydrogen) atoms. The molecular formula is C17H17F2NO4S. The first-order valence-corrected chi connectivity index (χ1v) is 8.64. The third-order valence-electron chi connectivity index (χ3n) is 4.01. The third-order valence-corrected chi connectivity index (χ3v) is 4.71. The molecule has 5 nitrogen and oxygen atoms in total. The van der Waals surface area contributed by atoms with Gasteiger partial charge in [-0.05, 0) is 40.1 Å². The van der Waals surface area contributed by atoms with E-state index in [4.69, 9.17) is 4.74 Å². The Balaban J connectivity index is 1.78. The first kappa shape index (κ1) is 17.8. The quantitative estimate of drug-likeness (QED) is 0.844. The fraction of sp³-hybridized carbons (Fsp3) is 0.353. The molecule has 0 radical (unpaired) electrons. The highest BCUT2D eigenvalue weighted by molar-refractivity contribution is 7.08. The van der Waals surface area contributed by atoms with Crippen LogP contribution in [-0.2, 0) is 9.53 Å². The molecule has 1 aromatic heterocycles. The molecule has 1 N–H and O–H groups in total. The van der Waals surface area contributed by atoms with Crippen LogP contribution in [0.15, 0.2) is 41.1 Å². The van der Waals surface area contributed by atoms with Gasteiger partial charge in [-0.15, -0.1) is 0 Å². The van der Waals surface area contributed by atoms with Crippen molar-refractivity contribution in [2.45, 2.75) is 18.8 Å². The Bertz CT molecular complexity index is 710. The Kier molecular flexibility index (Phi) is 5.62. The van der Waals surface area contributed by atoms with Gasteiger partial charge in [0, 0.05) is 13.1 Å². The van der Waals surface area contributed by atoms with Gasteiger partial charge in [-0.2, -0.15) is 20.1 Å². The van der Waals surface area contributed by atoms with Crippen LogP contribution in [0.25, 0.3) is 0 Å². The van der Waals surface area contributed by atoms with Gasteiger partial charge < -0.3 is 14.6 Å². The molecule has 1 aromatic carbocycles. The predicted molar refractivity (Wildman–Crippen MR) is 88.0 cm³/mol. The number of morpholine rings is 1. The maximum Gasteiger partial charge on any atom is 0.387 e. The van der Waals surface area contributed by atoms with Gasteiger partial charge in [0.25, 0.3) is 0 Å². The molecule has 0 aliphatic carbocycles. The highest BCUT2D eigenvalue weighted by Crippen LogP contribution is 2.31. The van der Waals surface area contributed by atoms with E-state index in [0.717, 1.165) is 5.56 Å². The van der Waals surface area contributed by atoms with Crippen LogP contribution >= 0.6 is 11.3 Å². The molecule has 0 amide bonds. The third kappa shape index (κ3) is 4.33. The van der Waals surface area contributed by atoms with Gasteiger partial charge in [0.2, 0.25) is 0 Å². The van der Waals surface area contributed by atoms with E-state index in [1.54, 1.807) is 18.2 Å². The van der Waals surface area contributed by atoms with E-state index in [1.165, 1.54) is 23.5 Å². The van der Waals surface area contributed by atoms with Gasteiger partial charge in [-0.1, -0.05) is 12.1 Å². The summed E-state index contributed by atoms with van der Waals surface area (Å²) in [5, 5.41) is 13.3. The Labute approximate surface area is 147 Å². The van der Waals surface area contributed by atoms with E-state index in [-0.39, 0.29) is 5.75 Å². The number of thiophene rings is 1. The number of carboxylic acids is 1. The van der Waals surface area contributed by atoms with Crippen molar-refractivity contribution in [2.75, 3.05) is 19.7 Å². The van der Waals surface area contributed by atoms with Crippen molar-refractivity contribution in [3.05, 3.63) is 52.2 Å². The van der Waals surface area contributed by atoms with Gasteiger partial charge in [0.1, 0.15) is 11.8 Å². The number of hydrogen-bond acceptors (Lipinski definition) is 5. The fourth-order valence-electron chi connectivity index (χ4n) is 2.94. The molecule has 2 aromatic rings. The van der Waals surface area contributed by atoms with Crippen LogP contribution in [0.3, 0.4) is 0 Å². The van der Waals surface area contributed by atoms with E-state index in [0.29, 0.717) is 25.3 Å². The number of carboxylic acid groups (broad SMARTS) is 1. The molecule has 1 fully saturated rings. The van der Waals surface area contributed by atoms with E-state index in [2.05, 4.69) is 4.74 Å². The molecule has 2 unspecified atom stereocenters. The summed E-state index contributed by atoms with van der Waals surface area (Å²) in [6.45, 7) is -1.70. The average Bonchev–Trinajstić information content (AvgIpc) is 3.08. The van der Waals surface area contributed by atoms with Crippen LogP contribution in [0.2, 0.25) is 0 Å². The predicted octanol–water partition coefficient (Wildman–Crippen LogP) is 3.55. The highest BCUT2D eigenvalue weighted by atomic mass is 32.1. The van der Waals surface area contributed by atoms with Crippen molar-refractivity contribution >= 4 is 17.3 Å². The molecule has 2 atom stereocenters. The number of ether oxygens (including phenoxy) is 2. The van der Waals surface area contributed by atoms with Gasteiger partial charge >= 0.3 is 12.6 Å². The van der Waals surface area contributed by atoms with Crippen LogP contribution < -0.4 is 4.74 Å². The summed E-state index contributed by atoms with van der Waals surface area (Å²) in [5.41, 5.74) is 1.41. The van der Waals surface area contributed by atoms with E-state index in [1.807, 2.05) is 15.7 Å². The monoisotopic (exact) mass is 369 g/mol. The van der Waals surface area contributed by atoms with Crippen LogP contribution in [0.1, 0.15) is 23.3 Å². The number of halogens is 2. The van der Waals surface area contributed by atoms with Crippen LogP contribution in [0, 0.1) is 0 Å². The Morgan fingerprint density at radius 3 is 2.92 bits per heavy atom. The second kappa shape index (κ2) is 7.90. The van der Waals surface area contributed by atoms with Crippen LogP contribution in [0.5, 0.6) is 5.75 Å². The summed E-state index contributed by atoms with van der Waals surface area (Å²) in [6.07, 6.45) is -0.407. The molecule has 1 saturated heterocycles. The number of rotatable bonds is 6. The van der Waals surface area contributed by atoms with Gasteiger partial charge in [0.15, 0.2) is 0 Å². The van der Waals surface area contributed by atoms with Crippen LogP contribution in [0.4, 0.5) is 8.78 Å². The second-order valence-corrected chi connectivity index (χ2v) is 6.38. The molecule has 0 saturated carbocycles. The first-order valence-electron chi connectivity index (χ1n) is 7.70. The summed E-state index contributed by atoms with van der Waals surface area (Å²) in [7, 11) is 0. The molecule has 1 aliphatic heterocycles. The summed E-state index contributed by atoms with van der Waals surface area (Å²) >= 11 is 1.45. The Morgan fingerprint density at radius 2 is 2.24 bits per heavy atom. The van der Waals surface area contributed by atoms with Crippen molar-refractivity contribution in [1.82, 2.24) is 4.90 Å². The lowest BCUT2D eigenvalue weighted by Gasteiger charge is -2.36. The second-order valence-electron chi connectivity index (χ2n) is 5.60. The summed E-state index contributed by atoms with van der Waals surface area (Å²) in [6, 6.07) is 7.36. The van der Waals surface area contributed by atoms with Gasteiger partial charge in [0.05, 0.1) is 12.7 Å². The number of hydrogen-bond donors (Lipinski definition) is 1. The maximum atomic E-state index is 12.4.